The summed E-state index contributed by atoms with van der Waals surface area (Å²) in [7, 11) is -3.22. The molecule has 4 nitrogen and oxygen atoms in total. The first-order valence-electron chi connectivity index (χ1n) is 9.80. The molecule has 0 aliphatic carbocycles. The highest BCUT2D eigenvalue weighted by molar-refractivity contribution is 7.90. The number of hydrogen-bond acceptors (Lipinski definition) is 4. The zero-order valence-corrected chi connectivity index (χ0v) is 18.1. The zero-order chi connectivity index (χ0) is 21.8. The number of ether oxygens (including phenoxy) is 2. The highest BCUT2D eigenvalue weighted by Gasteiger charge is 2.07. The van der Waals surface area contributed by atoms with Gasteiger partial charge in [0.05, 0.1) is 4.90 Å². The Balaban J connectivity index is 1.42. The maximum Gasteiger partial charge on any atom is 0.175 e. The quantitative estimate of drug-likeness (QED) is 0.344. The number of sulfone groups is 1. The van der Waals surface area contributed by atoms with Crippen molar-refractivity contribution in [2.24, 2.45) is 0 Å². The topological polar surface area (TPSA) is 52.6 Å². The van der Waals surface area contributed by atoms with Gasteiger partial charge in [0.25, 0.3) is 0 Å². The van der Waals surface area contributed by atoms with Gasteiger partial charge in [-0.1, -0.05) is 42.0 Å². The molecule has 0 aliphatic heterocycles. The summed E-state index contributed by atoms with van der Waals surface area (Å²) in [5, 5.41) is 0. The molecule has 0 heterocycles. The summed E-state index contributed by atoms with van der Waals surface area (Å²) in [6.07, 6.45) is 1.18. The second kappa shape index (κ2) is 8.66. The van der Waals surface area contributed by atoms with E-state index in [1.807, 2.05) is 79.7 Å². The van der Waals surface area contributed by atoms with E-state index in [0.29, 0.717) is 11.5 Å². The summed E-state index contributed by atoms with van der Waals surface area (Å²) < 4.78 is 34.8. The van der Waals surface area contributed by atoms with Crippen LogP contribution < -0.4 is 9.47 Å². The van der Waals surface area contributed by atoms with E-state index in [1.165, 1.54) is 11.8 Å². The molecule has 0 bridgehead atoms. The summed E-state index contributed by atoms with van der Waals surface area (Å²) >= 11 is 0. The minimum atomic E-state index is -3.22. The molecule has 0 atom stereocenters. The first-order chi connectivity index (χ1) is 14.9. The molecule has 4 rings (SSSR count). The number of rotatable bonds is 6. The van der Waals surface area contributed by atoms with Gasteiger partial charge in [0.1, 0.15) is 23.0 Å². The van der Waals surface area contributed by atoms with Crippen molar-refractivity contribution in [3.63, 3.8) is 0 Å². The molecule has 5 heteroatoms. The maximum absolute atomic E-state index is 11.6. The third-order valence-electron chi connectivity index (χ3n) is 4.79. The van der Waals surface area contributed by atoms with E-state index in [2.05, 4.69) is 0 Å². The monoisotopic (exact) mass is 430 g/mol. The van der Waals surface area contributed by atoms with E-state index in [9.17, 15) is 8.42 Å². The summed E-state index contributed by atoms with van der Waals surface area (Å²) in [6, 6.07) is 30.0. The van der Waals surface area contributed by atoms with Crippen molar-refractivity contribution in [2.45, 2.75) is 11.8 Å². The Hall–Kier alpha value is -3.57. The molecular weight excluding hydrogens is 408 g/mol. The van der Waals surface area contributed by atoms with Gasteiger partial charge >= 0.3 is 0 Å². The van der Waals surface area contributed by atoms with Crippen LogP contribution in [0.5, 0.6) is 23.0 Å². The van der Waals surface area contributed by atoms with Crippen molar-refractivity contribution in [1.29, 1.82) is 0 Å². The minimum Gasteiger partial charge on any atom is -0.457 e. The fourth-order valence-corrected chi connectivity index (χ4v) is 3.69. The van der Waals surface area contributed by atoms with E-state index in [0.717, 1.165) is 22.6 Å². The number of benzene rings is 4. The molecule has 4 aromatic carbocycles. The molecule has 0 fully saturated rings. The first kappa shape index (κ1) is 20.7. The van der Waals surface area contributed by atoms with Crippen molar-refractivity contribution in [2.75, 3.05) is 6.26 Å². The van der Waals surface area contributed by atoms with E-state index < -0.39 is 9.84 Å². The molecule has 4 aromatic rings. The van der Waals surface area contributed by atoms with Crippen molar-refractivity contribution >= 4 is 9.84 Å². The van der Waals surface area contributed by atoms with Crippen LogP contribution >= 0.6 is 0 Å². The first-order valence-corrected chi connectivity index (χ1v) is 11.7. The van der Waals surface area contributed by atoms with Gasteiger partial charge in [0, 0.05) is 6.26 Å². The second-order valence-corrected chi connectivity index (χ2v) is 9.33. The normalized spacial score (nSPS) is 11.2. The Morgan fingerprint density at radius 1 is 0.516 bits per heavy atom. The molecule has 0 aromatic heterocycles. The summed E-state index contributed by atoms with van der Waals surface area (Å²) in [4.78, 5) is 0.269. The van der Waals surface area contributed by atoms with Crippen molar-refractivity contribution in [3.8, 4) is 34.1 Å². The predicted octanol–water partition coefficient (Wildman–Crippen LogP) is 6.65. The lowest BCUT2D eigenvalue weighted by Crippen LogP contribution is -1.96. The Bertz CT molecular complexity index is 1260. The van der Waals surface area contributed by atoms with Gasteiger partial charge in [-0.05, 0) is 78.7 Å². The largest absolute Gasteiger partial charge is 0.457 e. The smallest absolute Gasteiger partial charge is 0.175 e. The number of hydrogen-bond donors (Lipinski definition) is 0. The van der Waals surface area contributed by atoms with Gasteiger partial charge in [-0.3, -0.25) is 0 Å². The zero-order valence-electron chi connectivity index (χ0n) is 17.3. The molecule has 0 aliphatic rings. The number of aryl methyl sites for hydroxylation is 1. The van der Waals surface area contributed by atoms with E-state index >= 15 is 0 Å². The molecule has 0 spiro atoms. The van der Waals surface area contributed by atoms with Crippen molar-refractivity contribution < 1.29 is 17.9 Å². The van der Waals surface area contributed by atoms with Gasteiger partial charge in [0.2, 0.25) is 0 Å². The molecule has 0 saturated heterocycles. The van der Waals surface area contributed by atoms with Crippen LogP contribution in [-0.4, -0.2) is 14.7 Å². The standard InChI is InChI=1S/C26H22O4S/c1-19-3-9-22(10-4-19)29-23-11-5-20(6-12-23)21-7-13-24(14-8-21)30-25-15-17-26(18-16-25)31(2,27)28/h3-18H,1-2H3. The Morgan fingerprint density at radius 3 is 1.19 bits per heavy atom. The third-order valence-corrected chi connectivity index (χ3v) is 5.91. The van der Waals surface area contributed by atoms with E-state index in [1.54, 1.807) is 24.3 Å². The molecule has 156 valence electrons. The molecule has 0 N–H and O–H groups in total. The van der Waals surface area contributed by atoms with Gasteiger partial charge in [-0.2, -0.15) is 0 Å². The maximum atomic E-state index is 11.6. The molecule has 0 unspecified atom stereocenters. The van der Waals surface area contributed by atoms with E-state index in [-0.39, 0.29) is 4.90 Å². The Labute approximate surface area is 182 Å². The highest BCUT2D eigenvalue weighted by Crippen LogP contribution is 2.29. The van der Waals surface area contributed by atoms with Crippen LogP contribution in [0, 0.1) is 6.92 Å². The lowest BCUT2D eigenvalue weighted by Gasteiger charge is -2.09. The second-order valence-electron chi connectivity index (χ2n) is 7.31. The van der Waals surface area contributed by atoms with Crippen LogP contribution in [0.1, 0.15) is 5.56 Å². The molecule has 0 amide bonds. The summed E-state index contributed by atoms with van der Waals surface area (Å²) in [6.45, 7) is 2.05. The van der Waals surface area contributed by atoms with E-state index in [4.69, 9.17) is 9.47 Å². The lowest BCUT2D eigenvalue weighted by atomic mass is 10.1. The molecule has 0 radical (unpaired) electrons. The summed E-state index contributed by atoms with van der Waals surface area (Å²) in [5.41, 5.74) is 3.32. The van der Waals surface area contributed by atoms with Crippen LogP contribution in [0.4, 0.5) is 0 Å². The third kappa shape index (κ3) is 5.32. The fourth-order valence-electron chi connectivity index (χ4n) is 3.06. The average Bonchev–Trinajstić information content (AvgIpc) is 2.76. The van der Waals surface area contributed by atoms with Gasteiger partial charge < -0.3 is 9.47 Å². The fraction of sp³-hybridized carbons (Fsp3) is 0.0769. The minimum absolute atomic E-state index is 0.269. The van der Waals surface area contributed by atoms with Gasteiger partial charge in [-0.15, -0.1) is 0 Å². The van der Waals surface area contributed by atoms with Crippen LogP contribution in [0.15, 0.2) is 102 Å². The van der Waals surface area contributed by atoms with Crippen molar-refractivity contribution in [1.82, 2.24) is 0 Å². The lowest BCUT2D eigenvalue weighted by molar-refractivity contribution is 0.482. The molecule has 31 heavy (non-hydrogen) atoms. The predicted molar refractivity (Wildman–Crippen MR) is 123 cm³/mol. The Morgan fingerprint density at radius 2 is 0.839 bits per heavy atom. The summed E-state index contributed by atoms with van der Waals surface area (Å²) in [5.74, 6) is 2.85. The highest BCUT2D eigenvalue weighted by atomic mass is 32.2. The van der Waals surface area contributed by atoms with Crippen LogP contribution in [0.3, 0.4) is 0 Å². The Kier molecular flexibility index (Phi) is 5.78. The molecular formula is C26H22O4S. The SMILES string of the molecule is Cc1ccc(Oc2ccc(-c3ccc(Oc4ccc(S(C)(=O)=O)cc4)cc3)cc2)cc1. The average molecular weight is 431 g/mol. The van der Waals surface area contributed by atoms with Gasteiger partial charge in [-0.25, -0.2) is 8.42 Å². The van der Waals surface area contributed by atoms with Crippen LogP contribution in [-0.2, 0) is 9.84 Å². The molecule has 0 saturated carbocycles. The van der Waals surface area contributed by atoms with Gasteiger partial charge in [0.15, 0.2) is 9.84 Å². The van der Waals surface area contributed by atoms with Crippen LogP contribution in [0.25, 0.3) is 11.1 Å². The van der Waals surface area contributed by atoms with Crippen LogP contribution in [0.2, 0.25) is 0 Å². The van der Waals surface area contributed by atoms with Crippen molar-refractivity contribution in [3.05, 3.63) is 103 Å².